The van der Waals surface area contributed by atoms with E-state index in [1.54, 1.807) is 4.90 Å². The van der Waals surface area contributed by atoms with Crippen LogP contribution in [0.15, 0.2) is 24.3 Å². The molecule has 1 aliphatic rings. The summed E-state index contributed by atoms with van der Waals surface area (Å²) in [5, 5.41) is 0. The molecule has 0 N–H and O–H groups in total. The van der Waals surface area contributed by atoms with Gasteiger partial charge in [-0.05, 0) is 24.6 Å². The van der Waals surface area contributed by atoms with Gasteiger partial charge < -0.3 is 9.47 Å². The first-order chi connectivity index (χ1) is 8.63. The minimum atomic E-state index is -0.498. The van der Waals surface area contributed by atoms with Crippen molar-refractivity contribution in [2.45, 2.75) is 6.92 Å². The maximum absolute atomic E-state index is 11.0. The minimum Gasteiger partial charge on any atom is -0.492 e. The maximum Gasteiger partial charge on any atom is 0.327 e. The van der Waals surface area contributed by atoms with E-state index in [2.05, 4.69) is 4.74 Å². The summed E-state index contributed by atoms with van der Waals surface area (Å²) in [7, 11) is 0. The van der Waals surface area contributed by atoms with Crippen molar-refractivity contribution in [3.05, 3.63) is 29.8 Å². The average Bonchev–Trinajstić information content (AvgIpc) is 2.27. The van der Waals surface area contributed by atoms with Gasteiger partial charge >= 0.3 is 11.9 Å². The normalized spacial score (nSPS) is 16.5. The van der Waals surface area contributed by atoms with Crippen LogP contribution in [0.5, 0.6) is 5.75 Å². The molecule has 1 aromatic carbocycles. The Bertz CT molecular complexity index is 442. The van der Waals surface area contributed by atoms with Crippen LogP contribution in [0.1, 0.15) is 5.56 Å². The van der Waals surface area contributed by atoms with E-state index in [0.29, 0.717) is 13.2 Å². The topological polar surface area (TPSA) is 55.8 Å². The van der Waals surface area contributed by atoms with Crippen molar-refractivity contribution in [1.29, 1.82) is 0 Å². The number of carbonyl (C=O) groups excluding carboxylic acids is 2. The van der Waals surface area contributed by atoms with E-state index < -0.39 is 11.9 Å². The first-order valence-electron chi connectivity index (χ1n) is 5.79. The predicted molar refractivity (Wildman–Crippen MR) is 64.2 cm³/mol. The van der Waals surface area contributed by atoms with Crippen LogP contribution in [-0.4, -0.2) is 43.1 Å². The van der Waals surface area contributed by atoms with Crippen molar-refractivity contribution in [3.63, 3.8) is 0 Å². The molecule has 1 heterocycles. The molecule has 1 aromatic rings. The first-order valence-corrected chi connectivity index (χ1v) is 5.79. The van der Waals surface area contributed by atoms with Crippen LogP contribution >= 0.6 is 0 Å². The van der Waals surface area contributed by atoms with Crippen LogP contribution in [0, 0.1) is 6.92 Å². The maximum atomic E-state index is 11.0. The predicted octanol–water partition coefficient (Wildman–Crippen LogP) is 0.759. The zero-order valence-electron chi connectivity index (χ0n) is 10.2. The smallest absolute Gasteiger partial charge is 0.327 e. The Morgan fingerprint density at radius 3 is 2.67 bits per heavy atom. The van der Waals surface area contributed by atoms with E-state index in [9.17, 15) is 9.59 Å². The molecule has 1 saturated heterocycles. The van der Waals surface area contributed by atoms with Crippen LogP contribution in [0.2, 0.25) is 0 Å². The third-order valence-electron chi connectivity index (χ3n) is 2.60. The minimum absolute atomic E-state index is 0.142. The van der Waals surface area contributed by atoms with Gasteiger partial charge in [-0.1, -0.05) is 12.1 Å². The molecule has 0 atom stereocenters. The number of hydrogen-bond donors (Lipinski definition) is 0. The summed E-state index contributed by atoms with van der Waals surface area (Å²) in [5.41, 5.74) is 1.13. The van der Waals surface area contributed by atoms with E-state index in [1.165, 1.54) is 0 Å². The first kappa shape index (κ1) is 12.6. The van der Waals surface area contributed by atoms with Gasteiger partial charge in [0, 0.05) is 6.54 Å². The molecule has 1 aliphatic heterocycles. The lowest BCUT2D eigenvalue weighted by Crippen LogP contribution is -2.44. The molecule has 96 valence electrons. The van der Waals surface area contributed by atoms with Crippen LogP contribution in [0.4, 0.5) is 0 Å². The van der Waals surface area contributed by atoms with Crippen molar-refractivity contribution < 1.29 is 19.1 Å². The van der Waals surface area contributed by atoms with E-state index in [0.717, 1.165) is 11.3 Å². The molecule has 5 nitrogen and oxygen atoms in total. The summed E-state index contributed by atoms with van der Waals surface area (Å²) in [6.07, 6.45) is 0. The van der Waals surface area contributed by atoms with Crippen LogP contribution in [0.25, 0.3) is 0 Å². The van der Waals surface area contributed by atoms with Crippen molar-refractivity contribution in [1.82, 2.24) is 4.90 Å². The van der Waals surface area contributed by atoms with Gasteiger partial charge in [0.15, 0.2) is 0 Å². The van der Waals surface area contributed by atoms with Gasteiger partial charge in [0.2, 0.25) is 0 Å². The molecule has 0 bridgehead atoms. The van der Waals surface area contributed by atoms with Crippen LogP contribution in [0.3, 0.4) is 0 Å². The SMILES string of the molecule is Cc1cccc(OCCN2CC(=O)OC(=O)C2)c1. The number of carbonyl (C=O) groups is 2. The molecule has 0 aromatic heterocycles. The number of rotatable bonds is 4. The quantitative estimate of drug-likeness (QED) is 0.582. The van der Waals surface area contributed by atoms with Crippen LogP contribution < -0.4 is 4.74 Å². The fraction of sp³-hybridized carbons (Fsp3) is 0.385. The fourth-order valence-electron chi connectivity index (χ4n) is 1.77. The van der Waals surface area contributed by atoms with Crippen molar-refractivity contribution in [2.75, 3.05) is 26.2 Å². The lowest BCUT2D eigenvalue weighted by Gasteiger charge is -2.23. The lowest BCUT2D eigenvalue weighted by molar-refractivity contribution is -0.166. The number of morpholine rings is 1. The summed E-state index contributed by atoms with van der Waals surface area (Å²) < 4.78 is 9.99. The fourth-order valence-corrected chi connectivity index (χ4v) is 1.77. The van der Waals surface area contributed by atoms with Crippen molar-refractivity contribution in [2.24, 2.45) is 0 Å². The molecule has 0 amide bonds. The summed E-state index contributed by atoms with van der Waals surface area (Å²) in [6, 6.07) is 7.73. The monoisotopic (exact) mass is 249 g/mol. The average molecular weight is 249 g/mol. The molecule has 5 heteroatoms. The van der Waals surface area contributed by atoms with E-state index in [1.807, 2.05) is 31.2 Å². The summed E-state index contributed by atoms with van der Waals surface area (Å²) in [6.45, 7) is 3.23. The summed E-state index contributed by atoms with van der Waals surface area (Å²) in [4.78, 5) is 23.8. The number of hydrogen-bond acceptors (Lipinski definition) is 5. The number of esters is 2. The lowest BCUT2D eigenvalue weighted by atomic mass is 10.2. The van der Waals surface area contributed by atoms with Crippen molar-refractivity contribution >= 4 is 11.9 Å². The number of ether oxygens (including phenoxy) is 2. The zero-order valence-corrected chi connectivity index (χ0v) is 10.2. The summed E-state index contributed by atoms with van der Waals surface area (Å²) in [5.74, 6) is -0.204. The highest BCUT2D eigenvalue weighted by Crippen LogP contribution is 2.12. The number of aryl methyl sites for hydroxylation is 1. The highest BCUT2D eigenvalue weighted by molar-refractivity contribution is 5.90. The highest BCUT2D eigenvalue weighted by atomic mass is 16.6. The Hall–Kier alpha value is -1.88. The van der Waals surface area contributed by atoms with Gasteiger partial charge in [-0.25, -0.2) is 0 Å². The van der Waals surface area contributed by atoms with E-state index >= 15 is 0 Å². The van der Waals surface area contributed by atoms with Gasteiger partial charge in [0.1, 0.15) is 12.4 Å². The Morgan fingerprint density at radius 1 is 1.28 bits per heavy atom. The van der Waals surface area contributed by atoms with Gasteiger partial charge in [-0.3, -0.25) is 14.5 Å². The molecular weight excluding hydrogens is 234 g/mol. The van der Waals surface area contributed by atoms with Gasteiger partial charge in [0.25, 0.3) is 0 Å². The van der Waals surface area contributed by atoms with Crippen LogP contribution in [-0.2, 0) is 14.3 Å². The largest absolute Gasteiger partial charge is 0.492 e. The molecule has 0 radical (unpaired) electrons. The zero-order chi connectivity index (χ0) is 13.0. The molecule has 0 saturated carbocycles. The second kappa shape index (κ2) is 5.64. The van der Waals surface area contributed by atoms with Gasteiger partial charge in [-0.2, -0.15) is 0 Å². The van der Waals surface area contributed by atoms with E-state index in [-0.39, 0.29) is 13.1 Å². The molecule has 0 unspecified atom stereocenters. The van der Waals surface area contributed by atoms with Crippen molar-refractivity contribution in [3.8, 4) is 5.75 Å². The molecule has 18 heavy (non-hydrogen) atoms. The van der Waals surface area contributed by atoms with E-state index in [4.69, 9.17) is 4.74 Å². The Balaban J connectivity index is 1.78. The van der Waals surface area contributed by atoms with Gasteiger partial charge in [0.05, 0.1) is 13.1 Å². The van der Waals surface area contributed by atoms with Gasteiger partial charge in [-0.15, -0.1) is 0 Å². The third-order valence-corrected chi connectivity index (χ3v) is 2.60. The molecule has 1 fully saturated rings. The Labute approximate surface area is 105 Å². The standard InChI is InChI=1S/C13H15NO4/c1-10-3-2-4-11(7-10)17-6-5-14-8-12(15)18-13(16)9-14/h2-4,7H,5-6,8-9H2,1H3. The Kier molecular flexibility index (Phi) is 3.94. The second-order valence-electron chi connectivity index (χ2n) is 4.22. The second-order valence-corrected chi connectivity index (χ2v) is 4.22. The molecule has 0 aliphatic carbocycles. The number of cyclic esters (lactones) is 2. The Morgan fingerprint density at radius 2 is 2.00 bits per heavy atom. The molecule has 2 rings (SSSR count). The summed E-state index contributed by atoms with van der Waals surface area (Å²) >= 11 is 0. The number of nitrogens with zero attached hydrogens (tertiary/aromatic N) is 1. The third kappa shape index (κ3) is 3.56. The molecular formula is C13H15NO4. The highest BCUT2D eigenvalue weighted by Gasteiger charge is 2.24. The number of benzene rings is 1. The molecule has 0 spiro atoms.